The largest absolute Gasteiger partial charge is 0.417 e. The lowest BCUT2D eigenvalue weighted by atomic mass is 10.1. The molecular weight excluding hydrogens is 287 g/mol. The lowest BCUT2D eigenvalue weighted by Crippen LogP contribution is -2.26. The number of carbonyl (C=O) groups is 1. The first-order chi connectivity index (χ1) is 9.34. The van der Waals surface area contributed by atoms with Gasteiger partial charge in [0.2, 0.25) is 5.91 Å². The van der Waals surface area contributed by atoms with Crippen LogP contribution in [0.4, 0.5) is 18.9 Å². The molecule has 2 rings (SSSR count). The number of carbonyl (C=O) groups excluding carboxylic acids is 1. The van der Waals surface area contributed by atoms with Crippen LogP contribution in [-0.4, -0.2) is 18.2 Å². The second-order valence-electron chi connectivity index (χ2n) is 4.74. The summed E-state index contributed by atoms with van der Waals surface area (Å²) in [6.45, 7) is 3.77. The zero-order valence-electron chi connectivity index (χ0n) is 11.4. The molecule has 0 N–H and O–H groups in total. The molecule has 0 bridgehead atoms. The Morgan fingerprint density at radius 3 is 2.65 bits per heavy atom. The summed E-state index contributed by atoms with van der Waals surface area (Å²) in [6.07, 6.45) is -2.96. The van der Waals surface area contributed by atoms with E-state index in [1.54, 1.807) is 6.07 Å². The van der Waals surface area contributed by atoms with Crippen LogP contribution in [-0.2, 0) is 17.4 Å². The van der Waals surface area contributed by atoms with E-state index in [0.717, 1.165) is 18.1 Å². The number of thioether (sulfide) groups is 1. The second kappa shape index (κ2) is 5.68. The smallest absolute Gasteiger partial charge is 0.312 e. The third-order valence-electron chi connectivity index (χ3n) is 3.22. The molecule has 20 heavy (non-hydrogen) atoms. The molecule has 0 radical (unpaired) electrons. The van der Waals surface area contributed by atoms with Crippen molar-refractivity contribution >= 4 is 23.4 Å². The maximum Gasteiger partial charge on any atom is 0.417 e. The highest BCUT2D eigenvalue weighted by molar-refractivity contribution is 7.99. The van der Waals surface area contributed by atoms with Crippen LogP contribution in [0.2, 0.25) is 0 Å². The van der Waals surface area contributed by atoms with Gasteiger partial charge >= 0.3 is 6.18 Å². The number of anilines is 1. The van der Waals surface area contributed by atoms with E-state index in [2.05, 4.69) is 0 Å². The molecule has 0 fully saturated rings. The Labute approximate surface area is 120 Å². The number of benzene rings is 1. The number of rotatable bonds is 3. The van der Waals surface area contributed by atoms with Crippen LogP contribution in [0.25, 0.3) is 0 Å². The Morgan fingerprint density at radius 2 is 2.10 bits per heavy atom. The van der Waals surface area contributed by atoms with Gasteiger partial charge < -0.3 is 4.90 Å². The van der Waals surface area contributed by atoms with Gasteiger partial charge in [0.25, 0.3) is 0 Å². The first kappa shape index (κ1) is 15.2. The van der Waals surface area contributed by atoms with E-state index in [1.807, 2.05) is 6.92 Å². The molecule has 0 unspecified atom stereocenters. The molecule has 1 aromatic rings. The number of hydrogen-bond acceptors (Lipinski definition) is 2. The fourth-order valence-corrected chi connectivity index (χ4v) is 3.27. The predicted molar refractivity (Wildman–Crippen MR) is 74.2 cm³/mol. The molecule has 1 aliphatic rings. The van der Waals surface area contributed by atoms with E-state index in [1.165, 1.54) is 23.6 Å². The van der Waals surface area contributed by atoms with Gasteiger partial charge in [-0.05, 0) is 36.3 Å². The minimum atomic E-state index is -4.39. The molecule has 1 aromatic carbocycles. The van der Waals surface area contributed by atoms with Crippen LogP contribution in [0, 0.1) is 0 Å². The highest BCUT2D eigenvalue weighted by Gasteiger charge is 2.36. The van der Waals surface area contributed by atoms with E-state index < -0.39 is 11.7 Å². The SMILES string of the molecule is CCCSc1cc2c(cc1C(F)(F)F)N(C(C)=O)CC2. The summed E-state index contributed by atoms with van der Waals surface area (Å²) in [6, 6.07) is 2.73. The molecule has 0 aromatic heterocycles. The predicted octanol–water partition coefficient (Wildman–Crippen LogP) is 4.12. The Balaban J connectivity index is 2.48. The van der Waals surface area contributed by atoms with Crippen LogP contribution in [0.3, 0.4) is 0 Å². The number of halogens is 3. The first-order valence-corrected chi connectivity index (χ1v) is 7.48. The summed E-state index contributed by atoms with van der Waals surface area (Å²) >= 11 is 1.23. The van der Waals surface area contributed by atoms with E-state index >= 15 is 0 Å². The van der Waals surface area contributed by atoms with Crippen molar-refractivity contribution in [3.05, 3.63) is 23.3 Å². The van der Waals surface area contributed by atoms with Gasteiger partial charge in [-0.15, -0.1) is 11.8 Å². The van der Waals surface area contributed by atoms with E-state index in [9.17, 15) is 18.0 Å². The molecule has 1 aliphatic heterocycles. The van der Waals surface area contributed by atoms with E-state index in [0.29, 0.717) is 24.4 Å². The standard InChI is InChI=1S/C14H16F3NOS/c1-3-6-20-13-7-10-4-5-18(9(2)19)12(10)8-11(13)14(15,16)17/h7-8H,3-6H2,1-2H3. The number of fused-ring (bicyclic) bond motifs is 1. The van der Waals surface area contributed by atoms with Gasteiger partial charge in [-0.2, -0.15) is 13.2 Å². The zero-order valence-corrected chi connectivity index (χ0v) is 12.2. The minimum absolute atomic E-state index is 0.217. The van der Waals surface area contributed by atoms with Crippen LogP contribution in [0.5, 0.6) is 0 Å². The summed E-state index contributed by atoms with van der Waals surface area (Å²) in [5, 5.41) is 0. The van der Waals surface area contributed by atoms with E-state index in [-0.39, 0.29) is 10.8 Å². The van der Waals surface area contributed by atoms with Crippen LogP contribution >= 0.6 is 11.8 Å². The van der Waals surface area contributed by atoms with Crippen LogP contribution < -0.4 is 4.90 Å². The second-order valence-corrected chi connectivity index (χ2v) is 5.88. The number of amides is 1. The van der Waals surface area contributed by atoms with Crippen molar-refractivity contribution in [3.63, 3.8) is 0 Å². The highest BCUT2D eigenvalue weighted by atomic mass is 32.2. The van der Waals surface area contributed by atoms with Gasteiger partial charge in [0, 0.05) is 24.1 Å². The van der Waals surface area contributed by atoms with Gasteiger partial charge in [-0.1, -0.05) is 6.92 Å². The number of hydrogen-bond donors (Lipinski definition) is 0. The maximum atomic E-state index is 13.2. The summed E-state index contributed by atoms with van der Waals surface area (Å²) in [5.74, 6) is 0.434. The average molecular weight is 303 g/mol. The maximum absolute atomic E-state index is 13.2. The van der Waals surface area contributed by atoms with Crippen molar-refractivity contribution in [2.24, 2.45) is 0 Å². The molecule has 1 heterocycles. The summed E-state index contributed by atoms with van der Waals surface area (Å²) < 4.78 is 39.5. The van der Waals surface area contributed by atoms with Gasteiger partial charge in [-0.25, -0.2) is 0 Å². The first-order valence-electron chi connectivity index (χ1n) is 6.49. The van der Waals surface area contributed by atoms with Crippen LogP contribution in [0.15, 0.2) is 17.0 Å². The van der Waals surface area contributed by atoms with Gasteiger partial charge in [0.05, 0.1) is 5.56 Å². The zero-order chi connectivity index (χ0) is 14.9. The lowest BCUT2D eigenvalue weighted by Gasteiger charge is -2.19. The van der Waals surface area contributed by atoms with Crippen molar-refractivity contribution in [2.45, 2.75) is 37.8 Å². The van der Waals surface area contributed by atoms with E-state index in [4.69, 9.17) is 0 Å². The fraction of sp³-hybridized carbons (Fsp3) is 0.500. The van der Waals surface area contributed by atoms with Crippen molar-refractivity contribution in [2.75, 3.05) is 17.2 Å². The summed E-state index contributed by atoms with van der Waals surface area (Å²) in [7, 11) is 0. The monoisotopic (exact) mass is 303 g/mol. The molecule has 2 nitrogen and oxygen atoms in total. The molecular formula is C14H16F3NOS. The third kappa shape index (κ3) is 2.95. The highest BCUT2D eigenvalue weighted by Crippen LogP contribution is 2.42. The van der Waals surface area contributed by atoms with Crippen LogP contribution in [0.1, 0.15) is 31.4 Å². The molecule has 1 amide bonds. The average Bonchev–Trinajstić information content (AvgIpc) is 2.76. The third-order valence-corrected chi connectivity index (χ3v) is 4.48. The number of alkyl halides is 3. The fourth-order valence-electron chi connectivity index (χ4n) is 2.29. The molecule has 0 aliphatic carbocycles. The van der Waals surface area contributed by atoms with Crippen molar-refractivity contribution < 1.29 is 18.0 Å². The van der Waals surface area contributed by atoms with Gasteiger partial charge in [-0.3, -0.25) is 4.79 Å². The molecule has 6 heteroatoms. The molecule has 110 valence electrons. The lowest BCUT2D eigenvalue weighted by molar-refractivity contribution is -0.139. The Kier molecular flexibility index (Phi) is 4.32. The summed E-state index contributed by atoms with van der Waals surface area (Å²) in [4.78, 5) is 13.1. The molecule has 0 spiro atoms. The Bertz CT molecular complexity index is 528. The molecule has 0 saturated carbocycles. The van der Waals surface area contributed by atoms with Crippen molar-refractivity contribution in [1.29, 1.82) is 0 Å². The van der Waals surface area contributed by atoms with Gasteiger partial charge in [0.15, 0.2) is 0 Å². The van der Waals surface area contributed by atoms with Crippen molar-refractivity contribution in [1.82, 2.24) is 0 Å². The summed E-state index contributed by atoms with van der Waals surface area (Å²) in [5.41, 5.74) is 0.598. The van der Waals surface area contributed by atoms with Gasteiger partial charge in [0.1, 0.15) is 0 Å². The number of nitrogens with zero attached hydrogens (tertiary/aromatic N) is 1. The molecule has 0 atom stereocenters. The molecule has 0 saturated heterocycles. The Morgan fingerprint density at radius 1 is 1.40 bits per heavy atom. The quantitative estimate of drug-likeness (QED) is 0.783. The minimum Gasteiger partial charge on any atom is -0.312 e. The van der Waals surface area contributed by atoms with Crippen molar-refractivity contribution in [3.8, 4) is 0 Å². The topological polar surface area (TPSA) is 20.3 Å². The Hall–Kier alpha value is -1.17. The normalized spacial score (nSPS) is 14.6.